The van der Waals surface area contributed by atoms with Gasteiger partial charge in [0.1, 0.15) is 5.75 Å². The van der Waals surface area contributed by atoms with E-state index in [0.717, 1.165) is 16.3 Å². The largest absolute Gasteiger partial charge is 0.508 e. The summed E-state index contributed by atoms with van der Waals surface area (Å²) >= 11 is 0. The van der Waals surface area contributed by atoms with Crippen molar-refractivity contribution in [1.29, 1.82) is 0 Å². The summed E-state index contributed by atoms with van der Waals surface area (Å²) in [4.78, 5) is 11.1. The van der Waals surface area contributed by atoms with Gasteiger partial charge in [0.2, 0.25) is 0 Å². The van der Waals surface area contributed by atoms with Crippen molar-refractivity contribution in [2.45, 2.75) is 6.42 Å². The number of carbonyl (C=O) groups is 1. The number of carbonyl (C=O) groups excluding carboxylic acids is 1. The topological polar surface area (TPSA) is 46.5 Å². The zero-order chi connectivity index (χ0) is 11.5. The second-order valence-electron chi connectivity index (χ2n) is 3.62. The smallest absolute Gasteiger partial charge is 0.309 e. The van der Waals surface area contributed by atoms with Crippen LogP contribution in [0.15, 0.2) is 36.4 Å². The van der Waals surface area contributed by atoms with Gasteiger partial charge in [-0.25, -0.2) is 0 Å². The Morgan fingerprint density at radius 3 is 2.62 bits per heavy atom. The molecule has 0 saturated carbocycles. The molecule has 0 aliphatic carbocycles. The second kappa shape index (κ2) is 4.23. The Morgan fingerprint density at radius 2 is 1.88 bits per heavy atom. The Bertz CT molecular complexity index is 532. The monoisotopic (exact) mass is 216 g/mol. The van der Waals surface area contributed by atoms with Crippen LogP contribution in [0.1, 0.15) is 5.56 Å². The highest BCUT2D eigenvalue weighted by Crippen LogP contribution is 2.21. The number of phenols is 1. The Labute approximate surface area is 93.3 Å². The Balaban J connectivity index is 2.37. The predicted octanol–water partition coefficient (Wildman–Crippen LogP) is 2.26. The molecule has 0 fully saturated rings. The second-order valence-corrected chi connectivity index (χ2v) is 3.62. The first-order chi connectivity index (χ1) is 7.69. The third-order valence-corrected chi connectivity index (χ3v) is 2.46. The number of phenolic OH excluding ortho intramolecular Hbond substituents is 1. The van der Waals surface area contributed by atoms with Gasteiger partial charge >= 0.3 is 5.97 Å². The van der Waals surface area contributed by atoms with Crippen LogP contribution in [0.3, 0.4) is 0 Å². The maximum atomic E-state index is 11.1. The SMILES string of the molecule is COC(=O)Cc1ccc2cc(O)ccc2c1. The van der Waals surface area contributed by atoms with Gasteiger partial charge in [0.05, 0.1) is 13.5 Å². The van der Waals surface area contributed by atoms with E-state index in [-0.39, 0.29) is 18.1 Å². The molecule has 16 heavy (non-hydrogen) atoms. The average Bonchev–Trinajstić information content (AvgIpc) is 2.29. The molecule has 2 aromatic rings. The van der Waals surface area contributed by atoms with Crippen molar-refractivity contribution in [2.24, 2.45) is 0 Å². The van der Waals surface area contributed by atoms with E-state index in [1.54, 1.807) is 12.1 Å². The van der Waals surface area contributed by atoms with Crippen LogP contribution in [0.25, 0.3) is 10.8 Å². The summed E-state index contributed by atoms with van der Waals surface area (Å²) in [5.74, 6) is -0.00801. The van der Waals surface area contributed by atoms with Gasteiger partial charge in [-0.15, -0.1) is 0 Å². The molecule has 2 aromatic carbocycles. The van der Waals surface area contributed by atoms with Crippen molar-refractivity contribution < 1.29 is 14.6 Å². The molecule has 0 unspecified atom stereocenters. The normalized spacial score (nSPS) is 10.3. The van der Waals surface area contributed by atoms with E-state index in [9.17, 15) is 9.90 Å². The first kappa shape index (κ1) is 10.5. The lowest BCUT2D eigenvalue weighted by molar-refractivity contribution is -0.139. The molecule has 0 bridgehead atoms. The van der Waals surface area contributed by atoms with Gasteiger partial charge in [-0.1, -0.05) is 24.3 Å². The first-order valence-corrected chi connectivity index (χ1v) is 4.97. The summed E-state index contributed by atoms with van der Waals surface area (Å²) in [6.07, 6.45) is 0.271. The fraction of sp³-hybridized carbons (Fsp3) is 0.154. The molecule has 0 spiro atoms. The summed E-state index contributed by atoms with van der Waals surface area (Å²) in [5, 5.41) is 11.3. The van der Waals surface area contributed by atoms with Crippen LogP contribution in [0.2, 0.25) is 0 Å². The summed E-state index contributed by atoms with van der Waals surface area (Å²) < 4.78 is 4.61. The van der Waals surface area contributed by atoms with Gasteiger partial charge < -0.3 is 9.84 Å². The van der Waals surface area contributed by atoms with E-state index in [0.29, 0.717) is 0 Å². The number of benzene rings is 2. The van der Waals surface area contributed by atoms with Gasteiger partial charge in [-0.3, -0.25) is 4.79 Å². The van der Waals surface area contributed by atoms with Gasteiger partial charge in [0.15, 0.2) is 0 Å². The van der Waals surface area contributed by atoms with E-state index in [4.69, 9.17) is 0 Å². The maximum Gasteiger partial charge on any atom is 0.309 e. The summed E-state index contributed by atoms with van der Waals surface area (Å²) in [6.45, 7) is 0. The zero-order valence-electron chi connectivity index (χ0n) is 8.93. The van der Waals surface area contributed by atoms with Crippen molar-refractivity contribution in [3.63, 3.8) is 0 Å². The molecule has 1 N–H and O–H groups in total. The van der Waals surface area contributed by atoms with E-state index in [1.807, 2.05) is 24.3 Å². The van der Waals surface area contributed by atoms with Crippen LogP contribution in [-0.2, 0) is 16.0 Å². The van der Waals surface area contributed by atoms with E-state index in [2.05, 4.69) is 4.74 Å². The van der Waals surface area contributed by atoms with E-state index >= 15 is 0 Å². The number of ether oxygens (including phenoxy) is 1. The van der Waals surface area contributed by atoms with Crippen molar-refractivity contribution >= 4 is 16.7 Å². The van der Waals surface area contributed by atoms with Gasteiger partial charge in [0, 0.05) is 0 Å². The summed E-state index contributed by atoms with van der Waals surface area (Å²) in [6, 6.07) is 10.8. The molecule has 3 nitrogen and oxygen atoms in total. The Kier molecular flexibility index (Phi) is 2.77. The molecule has 3 heteroatoms. The molecular formula is C13H12O3. The third-order valence-electron chi connectivity index (χ3n) is 2.46. The van der Waals surface area contributed by atoms with Crippen LogP contribution in [0.4, 0.5) is 0 Å². The molecule has 2 rings (SSSR count). The standard InChI is InChI=1S/C13H12O3/c1-16-13(15)7-9-2-3-11-8-12(14)5-4-10(11)6-9/h2-6,8,14H,7H2,1H3. The number of aromatic hydroxyl groups is 1. The summed E-state index contributed by atoms with van der Waals surface area (Å²) in [7, 11) is 1.38. The molecule has 0 amide bonds. The number of hydrogen-bond donors (Lipinski definition) is 1. The first-order valence-electron chi connectivity index (χ1n) is 4.97. The van der Waals surface area contributed by atoms with Crippen molar-refractivity contribution in [3.8, 4) is 5.75 Å². The molecule has 0 aromatic heterocycles. The molecule has 0 radical (unpaired) electrons. The predicted molar refractivity (Wildman–Crippen MR) is 61.3 cm³/mol. The highest BCUT2D eigenvalue weighted by atomic mass is 16.5. The average molecular weight is 216 g/mol. The highest BCUT2D eigenvalue weighted by Gasteiger charge is 2.03. The molecule has 0 aliphatic rings. The zero-order valence-corrected chi connectivity index (χ0v) is 8.93. The van der Waals surface area contributed by atoms with Crippen LogP contribution in [0, 0.1) is 0 Å². The lowest BCUT2D eigenvalue weighted by Gasteiger charge is -2.03. The number of methoxy groups -OCH3 is 1. The number of esters is 1. The molecule has 0 heterocycles. The minimum absolute atomic E-state index is 0.244. The van der Waals surface area contributed by atoms with Crippen molar-refractivity contribution in [2.75, 3.05) is 7.11 Å². The van der Waals surface area contributed by atoms with E-state index < -0.39 is 0 Å². The quantitative estimate of drug-likeness (QED) is 0.783. The molecule has 0 saturated heterocycles. The van der Waals surface area contributed by atoms with Crippen LogP contribution >= 0.6 is 0 Å². The lowest BCUT2D eigenvalue weighted by atomic mass is 10.0. The van der Waals surface area contributed by atoms with E-state index in [1.165, 1.54) is 7.11 Å². The Morgan fingerprint density at radius 1 is 1.19 bits per heavy atom. The van der Waals surface area contributed by atoms with Gasteiger partial charge in [0.25, 0.3) is 0 Å². The van der Waals surface area contributed by atoms with Crippen molar-refractivity contribution in [3.05, 3.63) is 42.0 Å². The lowest BCUT2D eigenvalue weighted by Crippen LogP contribution is -2.04. The van der Waals surface area contributed by atoms with Crippen LogP contribution in [-0.4, -0.2) is 18.2 Å². The fourth-order valence-electron chi connectivity index (χ4n) is 1.63. The maximum absolute atomic E-state index is 11.1. The Hall–Kier alpha value is -2.03. The fourth-order valence-corrected chi connectivity index (χ4v) is 1.63. The van der Waals surface area contributed by atoms with Crippen LogP contribution < -0.4 is 0 Å². The highest BCUT2D eigenvalue weighted by molar-refractivity contribution is 5.85. The summed E-state index contributed by atoms with van der Waals surface area (Å²) in [5.41, 5.74) is 0.907. The minimum Gasteiger partial charge on any atom is -0.508 e. The molecular weight excluding hydrogens is 204 g/mol. The third kappa shape index (κ3) is 2.14. The van der Waals surface area contributed by atoms with Gasteiger partial charge in [-0.2, -0.15) is 0 Å². The van der Waals surface area contributed by atoms with Gasteiger partial charge in [-0.05, 0) is 28.5 Å². The van der Waals surface area contributed by atoms with Crippen LogP contribution in [0.5, 0.6) is 5.75 Å². The molecule has 0 atom stereocenters. The number of hydrogen-bond acceptors (Lipinski definition) is 3. The van der Waals surface area contributed by atoms with Crippen molar-refractivity contribution in [1.82, 2.24) is 0 Å². The number of rotatable bonds is 2. The minimum atomic E-state index is -0.252. The molecule has 82 valence electrons. The number of fused-ring (bicyclic) bond motifs is 1. The molecule has 0 aliphatic heterocycles.